The molecule has 0 unspecified atom stereocenters. The van der Waals surface area contributed by atoms with Gasteiger partial charge in [-0.1, -0.05) is 23.9 Å². The maximum Gasteiger partial charge on any atom is 0.203 e. The summed E-state index contributed by atoms with van der Waals surface area (Å²) in [6, 6.07) is 11.4. The van der Waals surface area contributed by atoms with E-state index in [2.05, 4.69) is 10.3 Å². The molecule has 0 saturated carbocycles. The Bertz CT molecular complexity index is 790. The van der Waals surface area contributed by atoms with Gasteiger partial charge in [0.05, 0.1) is 27.0 Å². The molecular weight excluding hydrogens is 338 g/mol. The first-order chi connectivity index (χ1) is 12.2. The lowest BCUT2D eigenvalue weighted by molar-refractivity contribution is 0.324. The molecule has 0 aliphatic heterocycles. The van der Waals surface area contributed by atoms with Gasteiger partial charge < -0.3 is 14.2 Å². The van der Waals surface area contributed by atoms with E-state index < -0.39 is 0 Å². The monoisotopic (exact) mass is 357 g/mol. The number of hydrogen-bond acceptors (Lipinski definition) is 6. The van der Waals surface area contributed by atoms with Crippen molar-refractivity contribution in [3.63, 3.8) is 0 Å². The van der Waals surface area contributed by atoms with Crippen LogP contribution in [0.1, 0.15) is 0 Å². The fraction of sp³-hybridized carbons (Fsp3) is 0.222. The number of thioether (sulfide) groups is 1. The number of hydrogen-bond donors (Lipinski definition) is 1. The van der Waals surface area contributed by atoms with Gasteiger partial charge in [-0.2, -0.15) is 5.26 Å². The summed E-state index contributed by atoms with van der Waals surface area (Å²) in [5.74, 6) is 1.72. The summed E-state index contributed by atoms with van der Waals surface area (Å²) in [7, 11) is 4.74. The van der Waals surface area contributed by atoms with E-state index in [1.54, 1.807) is 21.3 Å². The molecule has 0 atom stereocenters. The van der Waals surface area contributed by atoms with Crippen LogP contribution in [0.3, 0.4) is 0 Å². The second-order valence-corrected chi connectivity index (χ2v) is 5.62. The van der Waals surface area contributed by atoms with Crippen LogP contribution >= 0.6 is 11.8 Å². The van der Waals surface area contributed by atoms with Crippen LogP contribution in [0.15, 0.2) is 41.4 Å². The molecule has 6 nitrogen and oxygen atoms in total. The zero-order valence-electron chi connectivity index (χ0n) is 14.5. The molecule has 0 aromatic heterocycles. The molecule has 2 aromatic carbocycles. The van der Waals surface area contributed by atoms with E-state index >= 15 is 0 Å². The molecule has 25 heavy (non-hydrogen) atoms. The predicted molar refractivity (Wildman–Crippen MR) is 101 cm³/mol. The number of ether oxygens (including phenoxy) is 3. The summed E-state index contributed by atoms with van der Waals surface area (Å²) in [5.41, 5.74) is 2.58. The Labute approximate surface area is 151 Å². The first-order valence-corrected chi connectivity index (χ1v) is 8.57. The lowest BCUT2D eigenvalue weighted by Crippen LogP contribution is -2.12. The topological polar surface area (TPSA) is 75.9 Å². The number of aliphatic imine (C=N–C) groups is 1. The fourth-order valence-corrected chi connectivity index (χ4v) is 2.64. The number of benzene rings is 2. The minimum Gasteiger partial charge on any atom is -0.493 e. The number of amidine groups is 1. The van der Waals surface area contributed by atoms with E-state index in [4.69, 9.17) is 19.5 Å². The van der Waals surface area contributed by atoms with Crippen LogP contribution in [-0.4, -0.2) is 32.8 Å². The van der Waals surface area contributed by atoms with E-state index in [1.807, 2.05) is 48.8 Å². The lowest BCUT2D eigenvalue weighted by Gasteiger charge is -2.14. The van der Waals surface area contributed by atoms with Crippen molar-refractivity contribution in [2.24, 2.45) is 4.99 Å². The molecule has 0 aliphatic rings. The average molecular weight is 357 g/mol. The Morgan fingerprint density at radius 1 is 1.04 bits per heavy atom. The van der Waals surface area contributed by atoms with E-state index in [0.717, 1.165) is 16.8 Å². The molecule has 0 amide bonds. The van der Waals surface area contributed by atoms with Crippen LogP contribution in [0.25, 0.3) is 11.1 Å². The third-order valence-electron chi connectivity index (χ3n) is 3.43. The van der Waals surface area contributed by atoms with Crippen molar-refractivity contribution in [1.82, 2.24) is 5.32 Å². The molecule has 0 spiro atoms. The Morgan fingerprint density at radius 3 is 2.24 bits per heavy atom. The smallest absolute Gasteiger partial charge is 0.203 e. The molecule has 0 saturated heterocycles. The summed E-state index contributed by atoms with van der Waals surface area (Å²) in [4.78, 5) is 4.43. The van der Waals surface area contributed by atoms with Gasteiger partial charge in [0.25, 0.3) is 0 Å². The van der Waals surface area contributed by atoms with Gasteiger partial charge in [0, 0.05) is 0 Å². The van der Waals surface area contributed by atoms with Crippen molar-refractivity contribution in [2.45, 2.75) is 0 Å². The highest BCUT2D eigenvalue weighted by Crippen LogP contribution is 2.41. The molecule has 130 valence electrons. The minimum absolute atomic E-state index is 0.532. The van der Waals surface area contributed by atoms with Crippen molar-refractivity contribution in [3.8, 4) is 34.6 Å². The molecule has 0 heterocycles. The molecule has 7 heteroatoms. The van der Waals surface area contributed by atoms with Crippen LogP contribution in [0.5, 0.6) is 17.2 Å². The van der Waals surface area contributed by atoms with E-state index in [-0.39, 0.29) is 0 Å². The fourth-order valence-electron chi connectivity index (χ4n) is 2.29. The van der Waals surface area contributed by atoms with Crippen LogP contribution in [0.2, 0.25) is 0 Å². The van der Waals surface area contributed by atoms with Crippen molar-refractivity contribution < 1.29 is 14.2 Å². The predicted octanol–water partition coefficient (Wildman–Crippen LogP) is 3.80. The maximum absolute atomic E-state index is 8.75. The number of nitrogens with one attached hydrogen (secondary N) is 1. The Hall–Kier alpha value is -2.85. The zero-order chi connectivity index (χ0) is 18.2. The summed E-state index contributed by atoms with van der Waals surface area (Å²) >= 11 is 1.37. The minimum atomic E-state index is 0.532. The van der Waals surface area contributed by atoms with Gasteiger partial charge >= 0.3 is 0 Å². The number of rotatable bonds is 5. The summed E-state index contributed by atoms with van der Waals surface area (Å²) in [5, 5.41) is 11.8. The standard InChI is InChI=1S/C18H19N3O3S/c1-22-15-9-13(10-16(23-2)17(15)24-3)12-6-5-7-14(8-12)21-18(25-4)20-11-19/h5-10H,1-4H3,(H,20,21). The molecule has 1 N–H and O–H groups in total. The van der Waals surface area contributed by atoms with Crippen LogP contribution in [-0.2, 0) is 0 Å². The van der Waals surface area contributed by atoms with Crippen molar-refractivity contribution >= 4 is 22.6 Å². The van der Waals surface area contributed by atoms with E-state index in [0.29, 0.717) is 22.4 Å². The van der Waals surface area contributed by atoms with Crippen molar-refractivity contribution in [3.05, 3.63) is 36.4 Å². The highest BCUT2D eigenvalue weighted by Gasteiger charge is 2.14. The summed E-state index contributed by atoms with van der Waals surface area (Å²) in [6.45, 7) is 0. The number of nitriles is 1. The highest BCUT2D eigenvalue weighted by molar-refractivity contribution is 8.13. The van der Waals surface area contributed by atoms with Crippen LogP contribution < -0.4 is 19.5 Å². The maximum atomic E-state index is 8.75. The van der Waals surface area contributed by atoms with Crippen LogP contribution in [0.4, 0.5) is 5.69 Å². The molecular formula is C18H19N3O3S. The summed E-state index contributed by atoms with van der Waals surface area (Å²) in [6.07, 6.45) is 3.73. The highest BCUT2D eigenvalue weighted by atomic mass is 32.2. The first kappa shape index (κ1) is 18.5. The quantitative estimate of drug-likeness (QED) is 0.380. The first-order valence-electron chi connectivity index (χ1n) is 7.35. The molecule has 0 aliphatic carbocycles. The Balaban J connectivity index is 2.49. The molecule has 2 aromatic rings. The van der Waals surface area contributed by atoms with Gasteiger partial charge in [0.15, 0.2) is 22.9 Å². The van der Waals surface area contributed by atoms with Gasteiger partial charge in [0.2, 0.25) is 5.75 Å². The normalized spacial score (nSPS) is 10.8. The molecule has 0 bridgehead atoms. The second-order valence-electron chi connectivity index (χ2n) is 4.82. The number of methoxy groups -OCH3 is 3. The van der Waals surface area contributed by atoms with Crippen molar-refractivity contribution in [1.29, 1.82) is 5.26 Å². The average Bonchev–Trinajstić information content (AvgIpc) is 2.66. The third kappa shape index (κ3) is 4.37. The van der Waals surface area contributed by atoms with Gasteiger partial charge in [-0.25, -0.2) is 4.99 Å². The summed E-state index contributed by atoms with van der Waals surface area (Å²) < 4.78 is 16.2. The van der Waals surface area contributed by atoms with Crippen LogP contribution in [0, 0.1) is 11.5 Å². The SMILES string of the molecule is COc1cc(-c2cccc(N=C(NC#N)SC)c2)cc(OC)c1OC. The van der Waals surface area contributed by atoms with E-state index in [1.165, 1.54) is 11.8 Å². The van der Waals surface area contributed by atoms with E-state index in [9.17, 15) is 0 Å². The second kappa shape index (κ2) is 8.85. The zero-order valence-corrected chi connectivity index (χ0v) is 15.3. The largest absolute Gasteiger partial charge is 0.493 e. The van der Waals surface area contributed by atoms with Gasteiger partial charge in [0.1, 0.15) is 0 Å². The Morgan fingerprint density at radius 2 is 1.72 bits per heavy atom. The Kier molecular flexibility index (Phi) is 6.54. The lowest BCUT2D eigenvalue weighted by atomic mass is 10.0. The van der Waals surface area contributed by atoms with Gasteiger partial charge in [-0.3, -0.25) is 5.32 Å². The van der Waals surface area contributed by atoms with Gasteiger partial charge in [-0.05, 0) is 41.6 Å². The molecule has 0 fully saturated rings. The van der Waals surface area contributed by atoms with Gasteiger partial charge in [-0.15, -0.1) is 0 Å². The molecule has 0 radical (unpaired) electrons. The number of nitrogens with zero attached hydrogens (tertiary/aromatic N) is 2. The van der Waals surface area contributed by atoms with Crippen molar-refractivity contribution in [2.75, 3.05) is 27.6 Å². The third-order valence-corrected chi connectivity index (χ3v) is 4.01. The molecule has 2 rings (SSSR count).